The monoisotopic (exact) mass is 324 g/mol. The number of rotatable bonds is 4. The third-order valence-corrected chi connectivity index (χ3v) is 3.32. The van der Waals surface area contributed by atoms with Crippen LogP contribution in [0.4, 0.5) is 5.69 Å². The Bertz CT molecular complexity index is 593. The Morgan fingerprint density at radius 1 is 1.33 bits per heavy atom. The summed E-state index contributed by atoms with van der Waals surface area (Å²) in [5.41, 5.74) is 7.13. The van der Waals surface area contributed by atoms with E-state index >= 15 is 0 Å². The van der Waals surface area contributed by atoms with Gasteiger partial charge in [0.15, 0.2) is 16.1 Å². The van der Waals surface area contributed by atoms with Crippen LogP contribution in [0, 0.1) is 0 Å². The molecule has 7 nitrogen and oxygen atoms in total. The van der Waals surface area contributed by atoms with Gasteiger partial charge in [-0.1, -0.05) is 18.2 Å². The Kier molecular flexibility index (Phi) is 6.22. The third kappa shape index (κ3) is 5.19. The van der Waals surface area contributed by atoms with E-state index in [1.54, 1.807) is 38.1 Å². The van der Waals surface area contributed by atoms with Gasteiger partial charge in [0.2, 0.25) is 0 Å². The Balaban J connectivity index is 0.00000220. The molecule has 9 heteroatoms. The molecule has 1 saturated heterocycles. The van der Waals surface area contributed by atoms with Crippen LogP contribution in [0.3, 0.4) is 0 Å². The maximum atomic E-state index is 10.8. The summed E-state index contributed by atoms with van der Waals surface area (Å²) in [6.45, 7) is 3.14. The van der Waals surface area contributed by atoms with Crippen LogP contribution in [0.25, 0.3) is 5.14 Å². The van der Waals surface area contributed by atoms with Gasteiger partial charge in [-0.15, -0.1) is 0 Å². The number of ether oxygens (including phenoxy) is 2. The Morgan fingerprint density at radius 3 is 2.52 bits per heavy atom. The molecule has 1 aliphatic heterocycles. The van der Waals surface area contributed by atoms with Crippen molar-refractivity contribution >= 4 is 16.0 Å². The molecule has 0 bridgehead atoms. The molecule has 1 aliphatic rings. The molecule has 0 amide bonds. The van der Waals surface area contributed by atoms with Crippen molar-refractivity contribution in [2.75, 3.05) is 12.3 Å². The maximum absolute atomic E-state index is 10.8. The van der Waals surface area contributed by atoms with Crippen LogP contribution in [-0.4, -0.2) is 26.9 Å². The van der Waals surface area contributed by atoms with Gasteiger partial charge in [-0.05, 0) is 19.9 Å². The van der Waals surface area contributed by atoms with Gasteiger partial charge in [-0.3, -0.25) is 4.18 Å². The SMILES string of the molecule is CC1(C)O[C@H](c2ccccc2N)[C@@H](COS([NH-])(=O)=O)O1.[Na+]. The number of nitrogens with one attached hydrogen (secondary N) is 1. The summed E-state index contributed by atoms with van der Waals surface area (Å²) in [5.74, 6) is -0.882. The first-order chi connectivity index (χ1) is 9.18. The molecule has 0 aliphatic carbocycles. The maximum Gasteiger partial charge on any atom is 1.00 e. The molecule has 1 heterocycles. The van der Waals surface area contributed by atoms with Crippen LogP contribution in [0.5, 0.6) is 0 Å². The predicted octanol–water partition coefficient (Wildman–Crippen LogP) is -1.22. The van der Waals surface area contributed by atoms with Crippen LogP contribution in [0.15, 0.2) is 24.3 Å². The second kappa shape index (κ2) is 6.93. The van der Waals surface area contributed by atoms with Crippen molar-refractivity contribution in [1.29, 1.82) is 0 Å². The quantitative estimate of drug-likeness (QED) is 0.549. The molecule has 1 aromatic rings. The zero-order valence-corrected chi connectivity index (χ0v) is 15.0. The minimum atomic E-state index is -4.28. The minimum absolute atomic E-state index is 0. The van der Waals surface area contributed by atoms with E-state index in [-0.39, 0.29) is 36.2 Å². The molecule has 2 rings (SSSR count). The molecule has 21 heavy (non-hydrogen) atoms. The summed E-state index contributed by atoms with van der Waals surface area (Å²) in [6, 6.07) is 7.11. The zero-order valence-electron chi connectivity index (χ0n) is 12.2. The average Bonchev–Trinajstić information content (AvgIpc) is 2.62. The molecule has 0 unspecified atom stereocenters. The van der Waals surface area contributed by atoms with E-state index < -0.39 is 28.3 Å². The molecule has 3 N–H and O–H groups in total. The molecule has 0 spiro atoms. The summed E-state index contributed by atoms with van der Waals surface area (Å²) < 4.78 is 37.4. The summed E-state index contributed by atoms with van der Waals surface area (Å²) in [5, 5.41) is 6.74. The van der Waals surface area contributed by atoms with Crippen molar-refractivity contribution in [3.8, 4) is 0 Å². The van der Waals surface area contributed by atoms with E-state index in [2.05, 4.69) is 4.18 Å². The topological polar surface area (TPSA) is 112 Å². The number of nitrogen functional groups attached to an aromatic ring is 1. The molecule has 0 aromatic heterocycles. The predicted molar refractivity (Wildman–Crippen MR) is 72.8 cm³/mol. The van der Waals surface area contributed by atoms with Gasteiger partial charge in [0.1, 0.15) is 12.2 Å². The molecule has 0 radical (unpaired) electrons. The fraction of sp³-hybridized carbons (Fsp3) is 0.500. The molecule has 1 aromatic carbocycles. The smallest absolute Gasteiger partial charge is 0.540 e. The Hall–Kier alpha value is -0.190. The van der Waals surface area contributed by atoms with E-state index in [9.17, 15) is 8.42 Å². The van der Waals surface area contributed by atoms with Gasteiger partial charge in [-0.2, -0.15) is 0 Å². The molecule has 0 saturated carbocycles. The second-order valence-electron chi connectivity index (χ2n) is 4.96. The number of hydrogen-bond donors (Lipinski definition) is 1. The van der Waals surface area contributed by atoms with E-state index in [0.29, 0.717) is 11.3 Å². The summed E-state index contributed by atoms with van der Waals surface area (Å²) in [4.78, 5) is 0. The van der Waals surface area contributed by atoms with Crippen molar-refractivity contribution < 1.29 is 51.6 Å². The van der Waals surface area contributed by atoms with Gasteiger partial charge >= 0.3 is 29.6 Å². The number of para-hydroxylation sites is 1. The van der Waals surface area contributed by atoms with Crippen LogP contribution in [0.2, 0.25) is 0 Å². The zero-order chi connectivity index (χ0) is 15.0. The largest absolute Gasteiger partial charge is 1.00 e. The van der Waals surface area contributed by atoms with Crippen molar-refractivity contribution in [3.63, 3.8) is 0 Å². The standard InChI is InChI=1S/C12H17N2O5S.Na/c1-12(2)18-10(7-17-20(14,15)16)11(19-12)8-5-3-4-6-9(8)13;/h3-6,10-11H,7,13H2,1-2H3,(H-,14,15,16);/q-1;+1/t10-,11-;/m1./s1. The summed E-state index contributed by atoms with van der Waals surface area (Å²) in [6.07, 6.45) is -1.21. The van der Waals surface area contributed by atoms with Crippen LogP contribution in [-0.2, 0) is 24.0 Å². The van der Waals surface area contributed by atoms with Gasteiger partial charge in [0.25, 0.3) is 0 Å². The van der Waals surface area contributed by atoms with Crippen molar-refractivity contribution in [2.24, 2.45) is 0 Å². The van der Waals surface area contributed by atoms with Crippen LogP contribution >= 0.6 is 0 Å². The third-order valence-electron chi connectivity index (χ3n) is 2.87. The first-order valence-corrected chi connectivity index (χ1v) is 7.43. The van der Waals surface area contributed by atoms with E-state index in [4.69, 9.17) is 20.3 Å². The van der Waals surface area contributed by atoms with Crippen molar-refractivity contribution in [1.82, 2.24) is 0 Å². The van der Waals surface area contributed by atoms with E-state index in [1.165, 1.54) is 0 Å². The fourth-order valence-corrected chi connectivity index (χ4v) is 2.46. The van der Waals surface area contributed by atoms with E-state index in [1.807, 2.05) is 0 Å². The first kappa shape index (κ1) is 18.9. The Morgan fingerprint density at radius 2 is 1.95 bits per heavy atom. The van der Waals surface area contributed by atoms with Crippen molar-refractivity contribution in [2.45, 2.75) is 31.8 Å². The molecule has 2 atom stereocenters. The number of anilines is 1. The van der Waals surface area contributed by atoms with Gasteiger partial charge < -0.3 is 20.3 Å². The van der Waals surface area contributed by atoms with Gasteiger partial charge in [0.05, 0.1) is 6.61 Å². The van der Waals surface area contributed by atoms with Gasteiger partial charge in [-0.25, -0.2) is 8.42 Å². The molecule has 112 valence electrons. The normalized spacial score (nSPS) is 24.5. The van der Waals surface area contributed by atoms with Gasteiger partial charge in [0, 0.05) is 11.3 Å². The first-order valence-electron chi connectivity index (χ1n) is 6.02. The fourth-order valence-electron chi connectivity index (χ4n) is 2.15. The molecular weight excluding hydrogens is 307 g/mol. The number of benzene rings is 1. The van der Waals surface area contributed by atoms with Crippen molar-refractivity contribution in [3.05, 3.63) is 35.0 Å². The number of nitrogens with two attached hydrogens (primary N) is 1. The summed E-state index contributed by atoms with van der Waals surface area (Å²) >= 11 is 0. The second-order valence-corrected chi connectivity index (χ2v) is 6.11. The Labute approximate surface area is 146 Å². The average molecular weight is 324 g/mol. The van der Waals surface area contributed by atoms with Crippen LogP contribution in [0.1, 0.15) is 25.5 Å². The number of hydrogen-bond acceptors (Lipinski definition) is 6. The molecule has 1 fully saturated rings. The minimum Gasteiger partial charge on any atom is -0.540 e. The summed E-state index contributed by atoms with van der Waals surface area (Å²) in [7, 11) is -4.28. The van der Waals surface area contributed by atoms with E-state index in [0.717, 1.165) is 0 Å². The molecular formula is C12H17N2NaO5S. The van der Waals surface area contributed by atoms with Crippen LogP contribution < -0.4 is 35.3 Å².